The van der Waals surface area contributed by atoms with Gasteiger partial charge in [-0.15, -0.1) is 0 Å². The molecule has 1 heterocycles. The summed E-state index contributed by atoms with van der Waals surface area (Å²) in [6.07, 6.45) is 3.73. The fourth-order valence-electron chi connectivity index (χ4n) is 1.62. The van der Waals surface area contributed by atoms with Crippen LogP contribution in [0.2, 0.25) is 0 Å². The highest BCUT2D eigenvalue weighted by Crippen LogP contribution is 2.11. The van der Waals surface area contributed by atoms with Gasteiger partial charge in [-0.1, -0.05) is 6.42 Å². The molecule has 1 aliphatic heterocycles. The second-order valence-electron chi connectivity index (χ2n) is 3.75. The molecule has 2 N–H and O–H groups in total. The fourth-order valence-corrected chi connectivity index (χ4v) is 1.62. The minimum absolute atomic E-state index is 0.0495. The summed E-state index contributed by atoms with van der Waals surface area (Å²) in [5.74, 6) is 0.522. The summed E-state index contributed by atoms with van der Waals surface area (Å²) in [6, 6.07) is 0. The molecule has 1 saturated heterocycles. The molecule has 4 heteroatoms. The molecular weight excluding hydrogens is 180 g/mol. The van der Waals surface area contributed by atoms with Gasteiger partial charge < -0.3 is 15.4 Å². The van der Waals surface area contributed by atoms with E-state index in [0.717, 1.165) is 13.1 Å². The highest BCUT2D eigenvalue weighted by atomic mass is 16.5. The normalized spacial score (nSPS) is 22.8. The molecule has 0 saturated carbocycles. The summed E-state index contributed by atoms with van der Waals surface area (Å²) < 4.78 is 5.33. The maximum absolute atomic E-state index is 10.9. The Labute approximate surface area is 85.4 Å². The third-order valence-electron chi connectivity index (χ3n) is 2.51. The first-order valence-electron chi connectivity index (χ1n) is 5.32. The van der Waals surface area contributed by atoms with Crippen LogP contribution in [-0.4, -0.2) is 39.3 Å². The standard InChI is InChI=1S/C10H20N2O2/c1-11-10(13)8-14-7-9-4-2-3-5-12-6-9/h9,12H,2-8H2,1H3,(H,11,13). The predicted octanol–water partition coefficient (Wildman–Crippen LogP) is 0.139. The van der Waals surface area contributed by atoms with Crippen LogP contribution < -0.4 is 10.6 Å². The van der Waals surface area contributed by atoms with Crippen LogP contribution >= 0.6 is 0 Å². The first-order valence-corrected chi connectivity index (χ1v) is 5.32. The molecule has 1 fully saturated rings. The largest absolute Gasteiger partial charge is 0.371 e. The van der Waals surface area contributed by atoms with Crippen molar-refractivity contribution >= 4 is 5.91 Å². The number of hydrogen-bond donors (Lipinski definition) is 2. The minimum atomic E-state index is -0.0495. The van der Waals surface area contributed by atoms with Gasteiger partial charge >= 0.3 is 0 Å². The maximum atomic E-state index is 10.9. The van der Waals surface area contributed by atoms with E-state index in [1.165, 1.54) is 19.3 Å². The van der Waals surface area contributed by atoms with E-state index in [9.17, 15) is 4.79 Å². The first-order chi connectivity index (χ1) is 6.83. The van der Waals surface area contributed by atoms with Crippen molar-refractivity contribution in [2.75, 3.05) is 33.4 Å². The molecule has 0 aliphatic carbocycles. The third-order valence-corrected chi connectivity index (χ3v) is 2.51. The van der Waals surface area contributed by atoms with Crippen molar-refractivity contribution in [1.82, 2.24) is 10.6 Å². The molecule has 0 aromatic rings. The molecule has 0 radical (unpaired) electrons. The highest BCUT2D eigenvalue weighted by Gasteiger charge is 2.12. The molecule has 0 aromatic carbocycles. The van der Waals surface area contributed by atoms with Gasteiger partial charge in [-0.25, -0.2) is 0 Å². The molecule has 1 atom stereocenters. The maximum Gasteiger partial charge on any atom is 0.245 e. The van der Waals surface area contributed by atoms with Gasteiger partial charge in [0.05, 0.1) is 6.61 Å². The van der Waals surface area contributed by atoms with E-state index in [2.05, 4.69) is 10.6 Å². The molecular formula is C10H20N2O2. The molecule has 0 spiro atoms. The molecule has 1 aliphatic rings. The second kappa shape index (κ2) is 6.79. The molecule has 1 rings (SSSR count). The summed E-state index contributed by atoms with van der Waals surface area (Å²) in [7, 11) is 1.62. The quantitative estimate of drug-likeness (QED) is 0.678. The average Bonchev–Trinajstić information content (AvgIpc) is 2.46. The lowest BCUT2D eigenvalue weighted by Gasteiger charge is -2.13. The summed E-state index contributed by atoms with van der Waals surface area (Å²) in [6.45, 7) is 3.02. The van der Waals surface area contributed by atoms with E-state index in [1.54, 1.807) is 7.05 Å². The zero-order valence-corrected chi connectivity index (χ0v) is 8.84. The van der Waals surface area contributed by atoms with E-state index in [4.69, 9.17) is 4.74 Å². The SMILES string of the molecule is CNC(=O)COCC1CCCCNC1. The Morgan fingerprint density at radius 1 is 1.57 bits per heavy atom. The minimum Gasteiger partial charge on any atom is -0.371 e. The van der Waals surface area contributed by atoms with E-state index in [-0.39, 0.29) is 12.5 Å². The van der Waals surface area contributed by atoms with Gasteiger partial charge in [0.25, 0.3) is 0 Å². The number of carbonyl (C=O) groups is 1. The van der Waals surface area contributed by atoms with E-state index < -0.39 is 0 Å². The van der Waals surface area contributed by atoms with Gasteiger partial charge in [0.2, 0.25) is 5.91 Å². The van der Waals surface area contributed by atoms with Crippen LogP contribution in [-0.2, 0) is 9.53 Å². The number of hydrogen-bond acceptors (Lipinski definition) is 3. The van der Waals surface area contributed by atoms with E-state index >= 15 is 0 Å². The van der Waals surface area contributed by atoms with E-state index in [0.29, 0.717) is 12.5 Å². The molecule has 82 valence electrons. The number of ether oxygens (including phenoxy) is 1. The number of rotatable bonds is 4. The van der Waals surface area contributed by atoms with Crippen LogP contribution in [0.4, 0.5) is 0 Å². The Bertz CT molecular complexity index is 166. The summed E-state index contributed by atoms with van der Waals surface area (Å²) >= 11 is 0. The Hall–Kier alpha value is -0.610. The van der Waals surface area contributed by atoms with Gasteiger partial charge in [-0.05, 0) is 25.3 Å². The topological polar surface area (TPSA) is 50.4 Å². The van der Waals surface area contributed by atoms with Crippen molar-refractivity contribution in [3.05, 3.63) is 0 Å². The van der Waals surface area contributed by atoms with Gasteiger partial charge in [-0.2, -0.15) is 0 Å². The molecule has 14 heavy (non-hydrogen) atoms. The molecule has 1 amide bonds. The summed E-state index contributed by atoms with van der Waals surface area (Å²) in [5.41, 5.74) is 0. The van der Waals surface area contributed by atoms with Crippen LogP contribution in [0.3, 0.4) is 0 Å². The Morgan fingerprint density at radius 2 is 2.43 bits per heavy atom. The number of amides is 1. The van der Waals surface area contributed by atoms with Crippen molar-refractivity contribution < 1.29 is 9.53 Å². The lowest BCUT2D eigenvalue weighted by molar-refractivity contribution is -0.125. The Kier molecular flexibility index (Phi) is 5.56. The number of nitrogens with one attached hydrogen (secondary N) is 2. The van der Waals surface area contributed by atoms with Gasteiger partial charge in [0, 0.05) is 13.6 Å². The molecule has 1 unspecified atom stereocenters. The Balaban J connectivity index is 2.07. The van der Waals surface area contributed by atoms with Gasteiger partial charge in [0.1, 0.15) is 6.61 Å². The van der Waals surface area contributed by atoms with Crippen molar-refractivity contribution in [2.24, 2.45) is 5.92 Å². The number of carbonyl (C=O) groups excluding carboxylic acids is 1. The highest BCUT2D eigenvalue weighted by molar-refractivity contribution is 5.76. The first kappa shape index (κ1) is 11.5. The molecule has 0 bridgehead atoms. The lowest BCUT2D eigenvalue weighted by Crippen LogP contribution is -2.27. The summed E-state index contributed by atoms with van der Waals surface area (Å²) in [4.78, 5) is 10.9. The van der Waals surface area contributed by atoms with Crippen LogP contribution in [0.25, 0.3) is 0 Å². The van der Waals surface area contributed by atoms with E-state index in [1.807, 2.05) is 0 Å². The van der Waals surface area contributed by atoms with Crippen molar-refractivity contribution in [2.45, 2.75) is 19.3 Å². The Morgan fingerprint density at radius 3 is 3.21 bits per heavy atom. The zero-order valence-electron chi connectivity index (χ0n) is 8.84. The molecule has 0 aromatic heterocycles. The van der Waals surface area contributed by atoms with Crippen LogP contribution in [0.15, 0.2) is 0 Å². The average molecular weight is 200 g/mol. The van der Waals surface area contributed by atoms with Crippen LogP contribution in [0.1, 0.15) is 19.3 Å². The zero-order chi connectivity index (χ0) is 10.2. The lowest BCUT2D eigenvalue weighted by atomic mass is 10.1. The summed E-state index contributed by atoms with van der Waals surface area (Å²) in [5, 5.41) is 5.90. The van der Waals surface area contributed by atoms with Gasteiger partial charge in [-0.3, -0.25) is 4.79 Å². The van der Waals surface area contributed by atoms with Crippen LogP contribution in [0, 0.1) is 5.92 Å². The van der Waals surface area contributed by atoms with Crippen molar-refractivity contribution in [3.63, 3.8) is 0 Å². The fraction of sp³-hybridized carbons (Fsp3) is 0.900. The third kappa shape index (κ3) is 4.58. The van der Waals surface area contributed by atoms with Crippen LogP contribution in [0.5, 0.6) is 0 Å². The second-order valence-corrected chi connectivity index (χ2v) is 3.75. The van der Waals surface area contributed by atoms with Gasteiger partial charge in [0.15, 0.2) is 0 Å². The molecule has 4 nitrogen and oxygen atoms in total. The monoisotopic (exact) mass is 200 g/mol. The smallest absolute Gasteiger partial charge is 0.245 e. The van der Waals surface area contributed by atoms with Crippen molar-refractivity contribution in [1.29, 1.82) is 0 Å². The predicted molar refractivity (Wildman–Crippen MR) is 55.1 cm³/mol. The number of likely N-dealkylation sites (N-methyl/N-ethyl adjacent to an activating group) is 1. The van der Waals surface area contributed by atoms with Crippen molar-refractivity contribution in [3.8, 4) is 0 Å².